The normalized spacial score (nSPS) is 11.2. The number of aliphatic imine (C=N–C) groups is 1. The Morgan fingerprint density at radius 2 is 2.06 bits per heavy atom. The summed E-state index contributed by atoms with van der Waals surface area (Å²) in [7, 11) is 2.09. The maximum atomic E-state index is 5.34. The van der Waals surface area contributed by atoms with Gasteiger partial charge in [-0.15, -0.1) is 0 Å². The summed E-state index contributed by atoms with van der Waals surface area (Å²) in [5, 5.41) is 3.05. The molecule has 0 bridgehead atoms. The zero-order chi connectivity index (χ0) is 13.2. The molecular formula is C13H23N5. The molecule has 5 nitrogen and oxygen atoms in total. The van der Waals surface area contributed by atoms with Crippen molar-refractivity contribution in [2.24, 2.45) is 10.8 Å². The Bertz CT molecular complexity index is 350. The number of rotatable bonds is 6. The summed E-state index contributed by atoms with van der Waals surface area (Å²) in [5.41, 5.74) is 3.78. The Morgan fingerprint density at radius 1 is 1.33 bits per heavy atom. The predicted octanol–water partition coefficient (Wildman–Crippen LogP) is 0.942. The summed E-state index contributed by atoms with van der Waals surface area (Å²) >= 11 is 0. The van der Waals surface area contributed by atoms with E-state index in [0.29, 0.717) is 5.96 Å². The summed E-state index contributed by atoms with van der Waals surface area (Å²) in [6.07, 6.45) is 0.988. The van der Waals surface area contributed by atoms with Crippen LogP contribution >= 0.6 is 0 Å². The van der Waals surface area contributed by atoms with Crippen molar-refractivity contribution in [3.05, 3.63) is 30.3 Å². The Labute approximate surface area is 109 Å². The van der Waals surface area contributed by atoms with Gasteiger partial charge in [-0.2, -0.15) is 0 Å². The first-order chi connectivity index (χ1) is 8.77. The van der Waals surface area contributed by atoms with E-state index >= 15 is 0 Å². The fraction of sp³-hybridized carbons (Fsp3) is 0.462. The van der Waals surface area contributed by atoms with Crippen LogP contribution in [0, 0.1) is 0 Å². The SMILES string of the molecule is CCNC(=NCCCN(C)c1ccccc1)NN. The lowest BCUT2D eigenvalue weighted by Crippen LogP contribution is -2.41. The molecule has 1 aromatic rings. The van der Waals surface area contributed by atoms with Gasteiger partial charge in [0.05, 0.1) is 0 Å². The fourth-order valence-corrected chi connectivity index (χ4v) is 1.63. The van der Waals surface area contributed by atoms with Crippen molar-refractivity contribution in [2.75, 3.05) is 31.6 Å². The molecule has 5 heteroatoms. The van der Waals surface area contributed by atoms with Crippen molar-refractivity contribution in [3.8, 4) is 0 Å². The molecular weight excluding hydrogens is 226 g/mol. The van der Waals surface area contributed by atoms with Crippen LogP contribution in [0.3, 0.4) is 0 Å². The third kappa shape index (κ3) is 5.05. The monoisotopic (exact) mass is 249 g/mol. The summed E-state index contributed by atoms with van der Waals surface area (Å²) in [6, 6.07) is 10.3. The molecule has 0 amide bonds. The van der Waals surface area contributed by atoms with Crippen molar-refractivity contribution in [1.29, 1.82) is 0 Å². The first-order valence-electron chi connectivity index (χ1n) is 6.29. The Balaban J connectivity index is 2.29. The average Bonchev–Trinajstić information content (AvgIpc) is 2.43. The molecule has 0 aromatic heterocycles. The predicted molar refractivity (Wildman–Crippen MR) is 77.6 cm³/mol. The molecule has 0 spiro atoms. The molecule has 1 aromatic carbocycles. The van der Waals surface area contributed by atoms with Gasteiger partial charge in [0.2, 0.25) is 5.96 Å². The molecule has 0 unspecified atom stereocenters. The van der Waals surface area contributed by atoms with E-state index in [1.165, 1.54) is 5.69 Å². The summed E-state index contributed by atoms with van der Waals surface area (Å²) in [6.45, 7) is 4.55. The maximum Gasteiger partial charge on any atom is 0.205 e. The van der Waals surface area contributed by atoms with Crippen LogP contribution in [0.1, 0.15) is 13.3 Å². The number of anilines is 1. The van der Waals surface area contributed by atoms with Crippen molar-refractivity contribution < 1.29 is 0 Å². The van der Waals surface area contributed by atoms with Crippen molar-refractivity contribution >= 4 is 11.6 Å². The lowest BCUT2D eigenvalue weighted by Gasteiger charge is -2.18. The van der Waals surface area contributed by atoms with Crippen molar-refractivity contribution in [2.45, 2.75) is 13.3 Å². The molecule has 4 N–H and O–H groups in total. The van der Waals surface area contributed by atoms with Gasteiger partial charge in [-0.3, -0.25) is 10.4 Å². The Morgan fingerprint density at radius 3 is 2.67 bits per heavy atom. The number of para-hydroxylation sites is 1. The number of hydrazine groups is 1. The minimum atomic E-state index is 0.653. The standard InChI is InChI=1S/C13H23N5/c1-3-15-13(17-14)16-10-7-11-18(2)12-8-5-4-6-9-12/h4-6,8-9H,3,7,10-11,14H2,1-2H3,(H2,15,16,17). The Hall–Kier alpha value is -1.75. The minimum absolute atomic E-state index is 0.653. The molecule has 0 atom stereocenters. The van der Waals surface area contributed by atoms with E-state index in [4.69, 9.17) is 5.84 Å². The number of guanidine groups is 1. The molecule has 0 heterocycles. The quantitative estimate of drug-likeness (QED) is 0.231. The van der Waals surface area contributed by atoms with E-state index < -0.39 is 0 Å². The van der Waals surface area contributed by atoms with Gasteiger partial charge >= 0.3 is 0 Å². The van der Waals surface area contributed by atoms with Crippen LogP contribution in [0.5, 0.6) is 0 Å². The molecule has 18 heavy (non-hydrogen) atoms. The van der Waals surface area contributed by atoms with Gasteiger partial charge in [0.15, 0.2) is 0 Å². The van der Waals surface area contributed by atoms with E-state index in [-0.39, 0.29) is 0 Å². The van der Waals surface area contributed by atoms with Crippen LogP contribution in [0.15, 0.2) is 35.3 Å². The van der Waals surface area contributed by atoms with Gasteiger partial charge in [0.1, 0.15) is 0 Å². The maximum absolute atomic E-state index is 5.34. The molecule has 1 rings (SSSR count). The second-order valence-electron chi connectivity index (χ2n) is 4.02. The Kier molecular flexibility index (Phi) is 6.64. The highest BCUT2D eigenvalue weighted by Gasteiger charge is 1.99. The van der Waals surface area contributed by atoms with Gasteiger partial charge in [0, 0.05) is 32.4 Å². The molecule has 0 aliphatic heterocycles. The zero-order valence-corrected chi connectivity index (χ0v) is 11.2. The van der Waals surface area contributed by atoms with Crippen LogP contribution in [-0.4, -0.2) is 32.6 Å². The average molecular weight is 249 g/mol. The number of nitrogens with zero attached hydrogens (tertiary/aromatic N) is 2. The van der Waals surface area contributed by atoms with Gasteiger partial charge in [-0.1, -0.05) is 18.2 Å². The highest BCUT2D eigenvalue weighted by Crippen LogP contribution is 2.10. The topological polar surface area (TPSA) is 65.7 Å². The second-order valence-corrected chi connectivity index (χ2v) is 4.02. The van der Waals surface area contributed by atoms with Crippen LogP contribution in [0.2, 0.25) is 0 Å². The number of nitrogens with one attached hydrogen (secondary N) is 2. The van der Waals surface area contributed by atoms with E-state index in [9.17, 15) is 0 Å². The van der Waals surface area contributed by atoms with Crippen LogP contribution in [0.25, 0.3) is 0 Å². The van der Waals surface area contributed by atoms with Gasteiger partial charge in [-0.25, -0.2) is 5.84 Å². The molecule has 100 valence electrons. The first kappa shape index (κ1) is 14.3. The molecule has 0 aliphatic carbocycles. The van der Waals surface area contributed by atoms with Crippen molar-refractivity contribution in [1.82, 2.24) is 10.7 Å². The first-order valence-corrected chi connectivity index (χ1v) is 6.29. The number of nitrogens with two attached hydrogens (primary N) is 1. The van der Waals surface area contributed by atoms with Gasteiger partial charge in [0.25, 0.3) is 0 Å². The number of hydrogen-bond donors (Lipinski definition) is 3. The highest BCUT2D eigenvalue weighted by atomic mass is 15.3. The molecule has 0 fully saturated rings. The minimum Gasteiger partial charge on any atom is -0.375 e. The number of hydrogen-bond acceptors (Lipinski definition) is 3. The van der Waals surface area contributed by atoms with E-state index in [1.54, 1.807) is 0 Å². The lowest BCUT2D eigenvalue weighted by atomic mass is 10.3. The van der Waals surface area contributed by atoms with E-state index in [0.717, 1.165) is 26.1 Å². The second kappa shape index (κ2) is 8.36. The summed E-state index contributed by atoms with van der Waals surface area (Å²) in [5.74, 6) is 5.99. The summed E-state index contributed by atoms with van der Waals surface area (Å²) < 4.78 is 0. The smallest absolute Gasteiger partial charge is 0.205 e. The molecule has 0 aliphatic rings. The van der Waals surface area contributed by atoms with E-state index in [2.05, 4.69) is 39.8 Å². The van der Waals surface area contributed by atoms with Crippen LogP contribution < -0.4 is 21.5 Å². The van der Waals surface area contributed by atoms with Crippen LogP contribution in [-0.2, 0) is 0 Å². The largest absolute Gasteiger partial charge is 0.375 e. The molecule has 0 saturated carbocycles. The fourth-order valence-electron chi connectivity index (χ4n) is 1.63. The van der Waals surface area contributed by atoms with Crippen LogP contribution in [0.4, 0.5) is 5.69 Å². The third-order valence-electron chi connectivity index (χ3n) is 2.60. The number of benzene rings is 1. The molecule has 0 radical (unpaired) electrons. The third-order valence-corrected chi connectivity index (χ3v) is 2.60. The molecule has 0 saturated heterocycles. The lowest BCUT2D eigenvalue weighted by molar-refractivity contribution is 0.777. The zero-order valence-electron chi connectivity index (χ0n) is 11.2. The summed E-state index contributed by atoms with van der Waals surface area (Å²) in [4.78, 5) is 6.56. The van der Waals surface area contributed by atoms with Crippen molar-refractivity contribution in [3.63, 3.8) is 0 Å². The van der Waals surface area contributed by atoms with Gasteiger partial charge < -0.3 is 10.2 Å². The highest BCUT2D eigenvalue weighted by molar-refractivity contribution is 5.79. The van der Waals surface area contributed by atoms with Gasteiger partial charge in [-0.05, 0) is 25.5 Å². The van der Waals surface area contributed by atoms with E-state index in [1.807, 2.05) is 25.1 Å².